The number of hydrogen-bond donors (Lipinski definition) is 2. The molecule has 0 bridgehead atoms. The number of likely N-dealkylation sites (tertiary alicyclic amines) is 1. The zero-order valence-corrected chi connectivity index (χ0v) is 21.1. The average Bonchev–Trinajstić information content (AvgIpc) is 3.43. The van der Waals surface area contributed by atoms with Crippen molar-refractivity contribution < 1.29 is 24.2 Å². The van der Waals surface area contributed by atoms with E-state index in [1.807, 2.05) is 38.1 Å². The van der Waals surface area contributed by atoms with Gasteiger partial charge in [-0.3, -0.25) is 9.59 Å². The Bertz CT molecular complexity index is 1050. The first-order chi connectivity index (χ1) is 17.3. The van der Waals surface area contributed by atoms with Crippen molar-refractivity contribution in [3.05, 3.63) is 59.7 Å². The number of ether oxygens (including phenoxy) is 1. The normalized spacial score (nSPS) is 17.5. The summed E-state index contributed by atoms with van der Waals surface area (Å²) >= 11 is 0. The number of amides is 2. The van der Waals surface area contributed by atoms with E-state index >= 15 is 0 Å². The molecule has 0 aromatic heterocycles. The Morgan fingerprint density at radius 2 is 1.69 bits per heavy atom. The van der Waals surface area contributed by atoms with Gasteiger partial charge in [-0.05, 0) is 53.4 Å². The van der Waals surface area contributed by atoms with Crippen LogP contribution in [0.3, 0.4) is 0 Å². The van der Waals surface area contributed by atoms with Crippen molar-refractivity contribution in [3.8, 4) is 11.1 Å². The Morgan fingerprint density at radius 1 is 1.06 bits per heavy atom. The molecule has 2 amide bonds. The minimum Gasteiger partial charge on any atom is -0.481 e. The highest BCUT2D eigenvalue weighted by Crippen LogP contribution is 2.44. The SMILES string of the molecule is CC(C)C[C@H](CNC(=O)CC1CCCN1C(=O)OCC1c2ccccc2-c2ccccc21)CC(=O)O. The fraction of sp³-hybridized carbons (Fsp3) is 0.483. The van der Waals surface area contributed by atoms with E-state index in [1.165, 1.54) is 22.3 Å². The van der Waals surface area contributed by atoms with E-state index in [-0.39, 0.29) is 49.3 Å². The summed E-state index contributed by atoms with van der Waals surface area (Å²) in [5.41, 5.74) is 4.70. The highest BCUT2D eigenvalue weighted by Gasteiger charge is 2.34. The predicted octanol–water partition coefficient (Wildman–Crippen LogP) is 5.04. The van der Waals surface area contributed by atoms with Gasteiger partial charge in [0.1, 0.15) is 6.61 Å². The highest BCUT2D eigenvalue weighted by molar-refractivity contribution is 5.80. The summed E-state index contributed by atoms with van der Waals surface area (Å²) in [7, 11) is 0. The molecule has 2 N–H and O–H groups in total. The Hall–Kier alpha value is -3.35. The van der Waals surface area contributed by atoms with Crippen LogP contribution >= 0.6 is 0 Å². The summed E-state index contributed by atoms with van der Waals surface area (Å²) in [5, 5.41) is 12.1. The van der Waals surface area contributed by atoms with Crippen molar-refractivity contribution in [1.82, 2.24) is 10.2 Å². The van der Waals surface area contributed by atoms with Crippen molar-refractivity contribution in [2.45, 2.75) is 57.9 Å². The molecule has 7 heteroatoms. The number of benzene rings is 2. The van der Waals surface area contributed by atoms with E-state index < -0.39 is 5.97 Å². The minimum atomic E-state index is -0.855. The third-order valence-electron chi connectivity index (χ3n) is 7.22. The van der Waals surface area contributed by atoms with Crippen molar-refractivity contribution in [3.63, 3.8) is 0 Å². The van der Waals surface area contributed by atoms with Gasteiger partial charge in [-0.2, -0.15) is 0 Å². The molecule has 0 radical (unpaired) electrons. The largest absolute Gasteiger partial charge is 0.481 e. The molecule has 4 rings (SSSR count). The van der Waals surface area contributed by atoms with Gasteiger partial charge in [0, 0.05) is 37.9 Å². The maximum Gasteiger partial charge on any atom is 0.410 e. The molecule has 2 aliphatic rings. The second kappa shape index (κ2) is 11.6. The van der Waals surface area contributed by atoms with Crippen LogP contribution in [0.4, 0.5) is 4.79 Å². The summed E-state index contributed by atoms with van der Waals surface area (Å²) in [6.45, 7) is 5.25. The number of nitrogens with zero attached hydrogens (tertiary/aromatic N) is 1. The number of hydrogen-bond acceptors (Lipinski definition) is 4. The van der Waals surface area contributed by atoms with Crippen LogP contribution in [0, 0.1) is 11.8 Å². The van der Waals surface area contributed by atoms with Gasteiger partial charge in [0.15, 0.2) is 0 Å². The lowest BCUT2D eigenvalue weighted by Gasteiger charge is -2.25. The number of carbonyl (C=O) groups excluding carboxylic acids is 2. The smallest absolute Gasteiger partial charge is 0.410 e. The van der Waals surface area contributed by atoms with Crippen LogP contribution in [0.1, 0.15) is 63.0 Å². The first kappa shape index (κ1) is 25.7. The molecule has 7 nitrogen and oxygen atoms in total. The second-order valence-corrected chi connectivity index (χ2v) is 10.4. The first-order valence-corrected chi connectivity index (χ1v) is 12.9. The number of aliphatic carboxylic acids is 1. The van der Waals surface area contributed by atoms with E-state index in [4.69, 9.17) is 9.84 Å². The summed E-state index contributed by atoms with van der Waals surface area (Å²) < 4.78 is 5.81. The Morgan fingerprint density at radius 3 is 2.31 bits per heavy atom. The first-order valence-electron chi connectivity index (χ1n) is 12.9. The number of carbonyl (C=O) groups is 3. The molecule has 2 atom stereocenters. The molecule has 192 valence electrons. The quantitative estimate of drug-likeness (QED) is 0.484. The molecule has 1 heterocycles. The van der Waals surface area contributed by atoms with Gasteiger partial charge in [-0.15, -0.1) is 0 Å². The van der Waals surface area contributed by atoms with Crippen LogP contribution in [0.2, 0.25) is 0 Å². The standard InChI is InChI=1S/C29H36N2O5/c1-19(2)14-20(15-28(33)34)17-30-27(32)16-21-8-7-13-31(21)29(35)36-18-26-24-11-5-3-9-22(24)23-10-4-6-12-25(23)26/h3-6,9-12,19-21,26H,7-8,13-18H2,1-2H3,(H,30,32)(H,33,34)/t20-,21?/m0/s1. The van der Waals surface area contributed by atoms with Crippen LogP contribution in [-0.4, -0.2) is 53.7 Å². The Labute approximate surface area is 212 Å². The van der Waals surface area contributed by atoms with Crippen molar-refractivity contribution in [2.24, 2.45) is 11.8 Å². The third kappa shape index (κ3) is 6.07. The zero-order chi connectivity index (χ0) is 25.7. The highest BCUT2D eigenvalue weighted by atomic mass is 16.6. The van der Waals surface area contributed by atoms with Gasteiger partial charge in [-0.25, -0.2) is 4.79 Å². The molecule has 1 aliphatic carbocycles. The predicted molar refractivity (Wildman–Crippen MR) is 138 cm³/mol. The molecule has 2 aromatic rings. The molecular formula is C29H36N2O5. The monoisotopic (exact) mass is 492 g/mol. The average molecular weight is 493 g/mol. The van der Waals surface area contributed by atoms with Crippen molar-refractivity contribution >= 4 is 18.0 Å². The topological polar surface area (TPSA) is 95.9 Å². The van der Waals surface area contributed by atoms with Crippen LogP contribution < -0.4 is 5.32 Å². The van der Waals surface area contributed by atoms with Gasteiger partial charge in [0.2, 0.25) is 5.91 Å². The lowest BCUT2D eigenvalue weighted by Crippen LogP contribution is -2.40. The fourth-order valence-corrected chi connectivity index (χ4v) is 5.66. The molecule has 1 aliphatic heterocycles. The molecule has 1 saturated heterocycles. The molecule has 1 unspecified atom stereocenters. The maximum atomic E-state index is 13.0. The van der Waals surface area contributed by atoms with Gasteiger partial charge in [0.05, 0.1) is 0 Å². The maximum absolute atomic E-state index is 13.0. The second-order valence-electron chi connectivity index (χ2n) is 10.4. The van der Waals surface area contributed by atoms with E-state index in [1.54, 1.807) is 4.90 Å². The molecule has 0 spiro atoms. The molecule has 36 heavy (non-hydrogen) atoms. The van der Waals surface area contributed by atoms with Crippen LogP contribution in [0.15, 0.2) is 48.5 Å². The van der Waals surface area contributed by atoms with Crippen LogP contribution in [0.25, 0.3) is 11.1 Å². The lowest BCUT2D eigenvalue weighted by atomic mass is 9.94. The molecule has 0 saturated carbocycles. The van der Waals surface area contributed by atoms with Gasteiger partial charge >= 0.3 is 12.1 Å². The number of rotatable bonds is 10. The fourth-order valence-electron chi connectivity index (χ4n) is 5.66. The summed E-state index contributed by atoms with van der Waals surface area (Å²) in [4.78, 5) is 38.5. The molecule has 1 fully saturated rings. The number of carboxylic acid groups (broad SMARTS) is 1. The number of carboxylic acids is 1. The number of fused-ring (bicyclic) bond motifs is 3. The van der Waals surface area contributed by atoms with E-state index in [9.17, 15) is 14.4 Å². The van der Waals surface area contributed by atoms with Crippen LogP contribution in [0.5, 0.6) is 0 Å². The van der Waals surface area contributed by atoms with Crippen molar-refractivity contribution in [2.75, 3.05) is 19.7 Å². The van der Waals surface area contributed by atoms with Gasteiger partial charge < -0.3 is 20.1 Å². The van der Waals surface area contributed by atoms with E-state index in [0.29, 0.717) is 19.0 Å². The van der Waals surface area contributed by atoms with E-state index in [0.717, 1.165) is 19.3 Å². The zero-order valence-electron chi connectivity index (χ0n) is 21.1. The summed E-state index contributed by atoms with van der Waals surface area (Å²) in [5.74, 6) is -0.763. The Kier molecular flexibility index (Phi) is 8.28. The summed E-state index contributed by atoms with van der Waals surface area (Å²) in [6, 6.07) is 16.3. The minimum absolute atomic E-state index is 0.00201. The van der Waals surface area contributed by atoms with Crippen LogP contribution in [-0.2, 0) is 14.3 Å². The third-order valence-corrected chi connectivity index (χ3v) is 7.22. The lowest BCUT2D eigenvalue weighted by molar-refractivity contribution is -0.138. The van der Waals surface area contributed by atoms with Crippen molar-refractivity contribution in [1.29, 1.82) is 0 Å². The van der Waals surface area contributed by atoms with Gasteiger partial charge in [0.25, 0.3) is 0 Å². The van der Waals surface area contributed by atoms with E-state index in [2.05, 4.69) is 29.6 Å². The Balaban J connectivity index is 1.32. The molecular weight excluding hydrogens is 456 g/mol. The summed E-state index contributed by atoms with van der Waals surface area (Å²) in [6.07, 6.45) is 2.18. The van der Waals surface area contributed by atoms with Gasteiger partial charge in [-0.1, -0.05) is 62.4 Å². The number of nitrogens with one attached hydrogen (secondary N) is 1. The molecule has 2 aromatic carbocycles.